The van der Waals surface area contributed by atoms with Crippen molar-refractivity contribution in [3.05, 3.63) is 47.5 Å². The van der Waals surface area contributed by atoms with Gasteiger partial charge in [0.25, 0.3) is 0 Å². The smallest absolute Gasteiger partial charge is 0.246 e. The second kappa shape index (κ2) is 7.91. The van der Waals surface area contributed by atoms with Gasteiger partial charge in [-0.2, -0.15) is 0 Å². The van der Waals surface area contributed by atoms with Gasteiger partial charge in [-0.3, -0.25) is 9.59 Å². The third kappa shape index (κ3) is 3.90. The fourth-order valence-corrected chi connectivity index (χ4v) is 3.40. The summed E-state index contributed by atoms with van der Waals surface area (Å²) in [5.74, 6) is 0.891. The van der Waals surface area contributed by atoms with E-state index in [-0.39, 0.29) is 24.4 Å². The zero-order valence-corrected chi connectivity index (χ0v) is 15.8. The molecule has 1 aliphatic heterocycles. The predicted octanol–water partition coefficient (Wildman–Crippen LogP) is 2.75. The number of hydrogen-bond acceptors (Lipinski definition) is 3. The summed E-state index contributed by atoms with van der Waals surface area (Å²) >= 11 is 5.92. The number of aromatic nitrogens is 2. The van der Waals surface area contributed by atoms with Gasteiger partial charge in [-0.1, -0.05) is 18.5 Å². The summed E-state index contributed by atoms with van der Waals surface area (Å²) in [5.41, 5.74) is 0.810. The van der Waals surface area contributed by atoms with Gasteiger partial charge in [0.1, 0.15) is 12.4 Å². The number of carbonyl (C=O) groups is 2. The highest BCUT2D eigenvalue weighted by atomic mass is 35.5. The molecule has 1 aromatic carbocycles. The Labute approximate surface area is 158 Å². The number of hydrogen-bond donors (Lipinski definition) is 0. The molecule has 1 aromatic heterocycles. The van der Waals surface area contributed by atoms with Gasteiger partial charge in [-0.15, -0.1) is 0 Å². The SMILES string of the molecule is CCc1nccn1CCC(=O)N1CC(=O)N(c2ccc(Cl)cc2)C[C@@H]1C. The van der Waals surface area contributed by atoms with Gasteiger partial charge >= 0.3 is 0 Å². The van der Waals surface area contributed by atoms with E-state index in [9.17, 15) is 9.59 Å². The van der Waals surface area contributed by atoms with Gasteiger partial charge < -0.3 is 14.4 Å². The Morgan fingerprint density at radius 2 is 2.04 bits per heavy atom. The third-order valence-electron chi connectivity index (χ3n) is 4.73. The van der Waals surface area contributed by atoms with Crippen LogP contribution in [0.1, 0.15) is 26.1 Å². The molecular weight excluding hydrogens is 352 g/mol. The van der Waals surface area contributed by atoms with Crippen molar-refractivity contribution >= 4 is 29.1 Å². The summed E-state index contributed by atoms with van der Waals surface area (Å²) < 4.78 is 1.99. The Balaban J connectivity index is 1.62. The van der Waals surface area contributed by atoms with Crippen molar-refractivity contribution < 1.29 is 9.59 Å². The van der Waals surface area contributed by atoms with Crippen molar-refractivity contribution in [1.29, 1.82) is 0 Å². The molecule has 1 aliphatic rings. The number of halogens is 1. The predicted molar refractivity (Wildman–Crippen MR) is 101 cm³/mol. The molecule has 0 N–H and O–H groups in total. The summed E-state index contributed by atoms with van der Waals surface area (Å²) in [6, 6.07) is 7.15. The largest absolute Gasteiger partial charge is 0.334 e. The monoisotopic (exact) mass is 374 g/mol. The quantitative estimate of drug-likeness (QED) is 0.808. The molecule has 26 heavy (non-hydrogen) atoms. The van der Waals surface area contributed by atoms with E-state index in [4.69, 9.17) is 11.6 Å². The normalized spacial score (nSPS) is 17.7. The van der Waals surface area contributed by atoms with Crippen LogP contribution in [0.15, 0.2) is 36.7 Å². The van der Waals surface area contributed by atoms with E-state index < -0.39 is 0 Å². The number of nitrogens with zero attached hydrogens (tertiary/aromatic N) is 4. The molecule has 2 amide bonds. The minimum absolute atomic E-state index is 0.00245. The van der Waals surface area contributed by atoms with Gasteiger partial charge in [0.05, 0.1) is 0 Å². The molecule has 0 unspecified atom stereocenters. The first-order valence-electron chi connectivity index (χ1n) is 8.85. The number of rotatable bonds is 5. The molecule has 7 heteroatoms. The Hall–Kier alpha value is -2.34. The number of benzene rings is 1. The lowest BCUT2D eigenvalue weighted by Gasteiger charge is -2.39. The van der Waals surface area contributed by atoms with Crippen LogP contribution in [-0.2, 0) is 22.6 Å². The lowest BCUT2D eigenvalue weighted by atomic mass is 10.1. The molecule has 0 bridgehead atoms. The highest BCUT2D eigenvalue weighted by molar-refractivity contribution is 6.30. The Bertz CT molecular complexity index is 787. The summed E-state index contributed by atoms with van der Waals surface area (Å²) in [6.45, 7) is 5.18. The molecule has 0 radical (unpaired) electrons. The molecule has 0 saturated carbocycles. The number of aryl methyl sites for hydroxylation is 2. The van der Waals surface area contributed by atoms with Crippen LogP contribution in [0, 0.1) is 0 Å². The lowest BCUT2D eigenvalue weighted by molar-refractivity contribution is -0.139. The fraction of sp³-hybridized carbons (Fsp3) is 0.421. The third-order valence-corrected chi connectivity index (χ3v) is 4.98. The zero-order valence-electron chi connectivity index (χ0n) is 15.1. The maximum absolute atomic E-state index is 12.6. The molecule has 1 atom stereocenters. The van der Waals surface area contributed by atoms with E-state index in [1.54, 1.807) is 28.1 Å². The van der Waals surface area contributed by atoms with Crippen molar-refractivity contribution in [2.75, 3.05) is 18.0 Å². The maximum atomic E-state index is 12.6. The molecular formula is C19H23ClN4O2. The molecule has 0 aliphatic carbocycles. The first kappa shape index (κ1) is 18.5. The van der Waals surface area contributed by atoms with Crippen LogP contribution in [0.3, 0.4) is 0 Å². The topological polar surface area (TPSA) is 58.4 Å². The molecule has 0 spiro atoms. The van der Waals surface area contributed by atoms with Gasteiger partial charge in [0.15, 0.2) is 0 Å². The van der Waals surface area contributed by atoms with Gasteiger partial charge in [0, 0.05) is 55.1 Å². The lowest BCUT2D eigenvalue weighted by Crippen LogP contribution is -2.57. The highest BCUT2D eigenvalue weighted by Crippen LogP contribution is 2.22. The first-order valence-corrected chi connectivity index (χ1v) is 9.22. The van der Waals surface area contributed by atoms with E-state index in [0.717, 1.165) is 17.9 Å². The minimum atomic E-state index is -0.0735. The van der Waals surface area contributed by atoms with Gasteiger partial charge in [0.2, 0.25) is 11.8 Å². The second-order valence-corrected chi connectivity index (χ2v) is 6.93. The van der Waals surface area contributed by atoms with Crippen molar-refractivity contribution in [3.63, 3.8) is 0 Å². The number of amides is 2. The number of carbonyl (C=O) groups excluding carboxylic acids is 2. The molecule has 6 nitrogen and oxygen atoms in total. The Morgan fingerprint density at radius 3 is 2.73 bits per heavy atom. The summed E-state index contributed by atoms with van der Waals surface area (Å²) in [7, 11) is 0. The summed E-state index contributed by atoms with van der Waals surface area (Å²) in [6.07, 6.45) is 4.83. The van der Waals surface area contributed by atoms with E-state index in [2.05, 4.69) is 4.98 Å². The van der Waals surface area contributed by atoms with Crippen LogP contribution in [0.5, 0.6) is 0 Å². The van der Waals surface area contributed by atoms with Crippen LogP contribution >= 0.6 is 11.6 Å². The van der Waals surface area contributed by atoms with Crippen molar-refractivity contribution in [1.82, 2.24) is 14.5 Å². The van der Waals surface area contributed by atoms with E-state index in [1.807, 2.05) is 36.7 Å². The van der Waals surface area contributed by atoms with Crippen molar-refractivity contribution in [3.8, 4) is 0 Å². The zero-order chi connectivity index (χ0) is 18.7. The highest BCUT2D eigenvalue weighted by Gasteiger charge is 2.32. The Kier molecular flexibility index (Phi) is 5.61. The molecule has 1 saturated heterocycles. The summed E-state index contributed by atoms with van der Waals surface area (Å²) in [4.78, 5) is 32.9. The molecule has 2 heterocycles. The van der Waals surface area contributed by atoms with Crippen molar-refractivity contribution in [2.24, 2.45) is 0 Å². The van der Waals surface area contributed by atoms with Crippen LogP contribution in [0.4, 0.5) is 5.69 Å². The molecule has 3 rings (SSSR count). The molecule has 138 valence electrons. The number of imidazole rings is 1. The standard InChI is InChI=1S/C19H23ClN4O2/c1-3-17-21-9-11-22(17)10-8-18(25)23-13-19(26)24(12-14(23)2)16-6-4-15(20)5-7-16/h4-7,9,11,14H,3,8,10,12-13H2,1-2H3/t14-/m0/s1. The maximum Gasteiger partial charge on any atom is 0.246 e. The van der Waals surface area contributed by atoms with Crippen LogP contribution in [0.25, 0.3) is 0 Å². The average Bonchev–Trinajstić information content (AvgIpc) is 3.09. The first-order chi connectivity index (χ1) is 12.5. The number of anilines is 1. The Morgan fingerprint density at radius 1 is 1.31 bits per heavy atom. The van der Waals surface area contributed by atoms with E-state index in [1.165, 1.54) is 0 Å². The van der Waals surface area contributed by atoms with E-state index in [0.29, 0.717) is 24.5 Å². The second-order valence-electron chi connectivity index (χ2n) is 6.49. The van der Waals surface area contributed by atoms with Gasteiger partial charge in [-0.25, -0.2) is 4.98 Å². The number of piperazine rings is 1. The molecule has 1 fully saturated rings. The van der Waals surface area contributed by atoms with E-state index >= 15 is 0 Å². The minimum Gasteiger partial charge on any atom is -0.334 e. The van der Waals surface area contributed by atoms with Crippen LogP contribution in [-0.4, -0.2) is 45.4 Å². The summed E-state index contributed by atoms with van der Waals surface area (Å²) in [5, 5.41) is 0.633. The average molecular weight is 375 g/mol. The van der Waals surface area contributed by atoms with Crippen LogP contribution in [0.2, 0.25) is 5.02 Å². The van der Waals surface area contributed by atoms with Gasteiger partial charge in [-0.05, 0) is 31.2 Å². The van der Waals surface area contributed by atoms with Crippen molar-refractivity contribution in [2.45, 2.75) is 39.3 Å². The molecule has 2 aromatic rings. The van der Waals surface area contributed by atoms with Crippen LogP contribution < -0.4 is 4.90 Å². The fourth-order valence-electron chi connectivity index (χ4n) is 3.27.